The van der Waals surface area contributed by atoms with Crippen LogP contribution >= 0.6 is 0 Å². The van der Waals surface area contributed by atoms with Crippen molar-refractivity contribution in [2.75, 3.05) is 24.5 Å². The molecule has 0 saturated carbocycles. The molecule has 218 valence electrons. The number of rotatable bonds is 5. The van der Waals surface area contributed by atoms with Crippen LogP contribution in [-0.4, -0.2) is 68.2 Å². The predicted octanol–water partition coefficient (Wildman–Crippen LogP) is 4.78. The lowest BCUT2D eigenvalue weighted by atomic mass is 9.96. The van der Waals surface area contributed by atoms with Crippen molar-refractivity contribution in [3.63, 3.8) is 0 Å². The number of ether oxygens (including phenoxy) is 1. The summed E-state index contributed by atoms with van der Waals surface area (Å²) >= 11 is 0. The molecule has 0 radical (unpaired) electrons. The van der Waals surface area contributed by atoms with Gasteiger partial charge in [0.15, 0.2) is 5.69 Å². The third kappa shape index (κ3) is 6.36. The number of nitrogens with one attached hydrogen (secondary N) is 1. The Morgan fingerprint density at radius 1 is 1.07 bits per heavy atom. The van der Waals surface area contributed by atoms with Crippen LogP contribution in [-0.2, 0) is 16.8 Å². The quantitative estimate of drug-likeness (QED) is 0.480. The Labute approximate surface area is 242 Å². The van der Waals surface area contributed by atoms with Gasteiger partial charge in [0.25, 0.3) is 5.91 Å². The Kier molecular flexibility index (Phi) is 7.52. The van der Waals surface area contributed by atoms with Crippen LogP contribution in [0.5, 0.6) is 0 Å². The minimum Gasteiger partial charge on any atom is -0.444 e. The van der Waals surface area contributed by atoms with Gasteiger partial charge in [-0.1, -0.05) is 23.4 Å². The molecule has 0 spiro atoms. The van der Waals surface area contributed by atoms with E-state index in [1.54, 1.807) is 10.9 Å². The smallest absolute Gasteiger partial charge is 0.410 e. The molecule has 10 nitrogen and oxygen atoms in total. The maximum Gasteiger partial charge on any atom is 0.410 e. The maximum absolute atomic E-state index is 12.9. The van der Waals surface area contributed by atoms with E-state index in [1.807, 2.05) is 64.9 Å². The van der Waals surface area contributed by atoms with Gasteiger partial charge < -0.3 is 19.9 Å². The molecule has 5 rings (SSSR count). The number of fused-ring (bicyclic) bond motifs is 2. The van der Waals surface area contributed by atoms with Crippen LogP contribution in [0.1, 0.15) is 69.6 Å². The van der Waals surface area contributed by atoms with Gasteiger partial charge in [-0.2, -0.15) is 0 Å². The van der Waals surface area contributed by atoms with Crippen LogP contribution in [0, 0.1) is 12.8 Å². The number of aryl methyl sites for hydroxylation is 1. The lowest BCUT2D eigenvalue weighted by Gasteiger charge is -2.35. The van der Waals surface area contributed by atoms with Crippen LogP contribution in [0.25, 0.3) is 11.1 Å². The van der Waals surface area contributed by atoms with E-state index in [0.29, 0.717) is 18.2 Å². The second-order valence-electron chi connectivity index (χ2n) is 13.2. The second-order valence-corrected chi connectivity index (χ2v) is 13.2. The summed E-state index contributed by atoms with van der Waals surface area (Å²) in [5.41, 5.74) is 4.92. The number of piperidine rings is 1. The summed E-state index contributed by atoms with van der Waals surface area (Å²) in [7, 11) is 0. The number of hydrogen-bond acceptors (Lipinski definition) is 7. The minimum absolute atomic E-state index is 0.120. The van der Waals surface area contributed by atoms with Crippen molar-refractivity contribution in [2.24, 2.45) is 5.92 Å². The van der Waals surface area contributed by atoms with Crippen LogP contribution in [0.4, 0.5) is 10.5 Å². The second kappa shape index (κ2) is 10.8. The Balaban J connectivity index is 1.28. The molecule has 3 aromatic rings. The summed E-state index contributed by atoms with van der Waals surface area (Å²) in [6, 6.07) is 8.48. The van der Waals surface area contributed by atoms with E-state index < -0.39 is 5.60 Å². The molecule has 2 amide bonds. The number of anilines is 1. The molecule has 1 aromatic carbocycles. The average molecular weight is 560 g/mol. The van der Waals surface area contributed by atoms with Gasteiger partial charge in [0, 0.05) is 37.9 Å². The zero-order chi connectivity index (χ0) is 29.5. The van der Waals surface area contributed by atoms with Crippen LogP contribution in [0.3, 0.4) is 0 Å². The molecule has 2 aliphatic rings. The molecule has 0 aliphatic carbocycles. The standard InChI is InChI=1S/C31H41N7O3/c1-20-12-22(8-9-23(20)14-33-28(39)26-19-38(35-34-26)30(2,3)4)25-10-11-32-15-27(25)36-16-21-13-24(18-36)37(17-21)29(40)41-31(5,6)7/h8-12,15,19,21,24H,13-14,16-18H2,1-7H3,(H,33,39). The highest BCUT2D eigenvalue weighted by atomic mass is 16.6. The summed E-state index contributed by atoms with van der Waals surface area (Å²) in [5.74, 6) is 0.146. The number of carbonyl (C=O) groups is 2. The molecule has 2 aromatic heterocycles. The predicted molar refractivity (Wildman–Crippen MR) is 158 cm³/mol. The van der Waals surface area contributed by atoms with Gasteiger partial charge in [-0.3, -0.25) is 9.78 Å². The molecule has 2 aliphatic heterocycles. The van der Waals surface area contributed by atoms with Gasteiger partial charge in [-0.05, 0) is 83.6 Å². The van der Waals surface area contributed by atoms with E-state index in [1.165, 1.54) is 0 Å². The number of amides is 2. The Morgan fingerprint density at radius 2 is 1.85 bits per heavy atom. The molecule has 10 heteroatoms. The summed E-state index contributed by atoms with van der Waals surface area (Å²) in [4.78, 5) is 34.3. The first kappa shape index (κ1) is 28.6. The molecular weight excluding hydrogens is 518 g/mol. The lowest BCUT2D eigenvalue weighted by Crippen LogP contribution is -2.45. The molecule has 2 atom stereocenters. The van der Waals surface area contributed by atoms with Crippen LogP contribution in [0.2, 0.25) is 0 Å². The molecule has 2 fully saturated rings. The van der Waals surface area contributed by atoms with Crippen molar-refractivity contribution in [3.8, 4) is 11.1 Å². The van der Waals surface area contributed by atoms with E-state index in [9.17, 15) is 9.59 Å². The van der Waals surface area contributed by atoms with Gasteiger partial charge in [0.1, 0.15) is 5.60 Å². The van der Waals surface area contributed by atoms with Crippen molar-refractivity contribution < 1.29 is 14.3 Å². The molecular formula is C31H41N7O3. The molecule has 2 saturated heterocycles. The highest BCUT2D eigenvalue weighted by Gasteiger charge is 2.42. The van der Waals surface area contributed by atoms with E-state index in [-0.39, 0.29) is 23.6 Å². The van der Waals surface area contributed by atoms with Crippen molar-refractivity contribution in [3.05, 3.63) is 59.7 Å². The molecule has 2 bridgehead atoms. The van der Waals surface area contributed by atoms with E-state index in [0.717, 1.165) is 54.0 Å². The van der Waals surface area contributed by atoms with Crippen molar-refractivity contribution in [2.45, 2.75) is 78.6 Å². The third-order valence-electron chi connectivity index (χ3n) is 7.69. The SMILES string of the molecule is Cc1cc(-c2ccncc2N2CC3CC(C2)N(C(=O)OC(C)(C)C)C3)ccc1CNC(=O)c1cn(C(C)(C)C)nn1. The van der Waals surface area contributed by atoms with E-state index in [2.05, 4.69) is 50.6 Å². The minimum atomic E-state index is -0.511. The summed E-state index contributed by atoms with van der Waals surface area (Å²) < 4.78 is 7.38. The van der Waals surface area contributed by atoms with Gasteiger partial charge in [0.05, 0.1) is 29.7 Å². The summed E-state index contributed by atoms with van der Waals surface area (Å²) in [6.07, 6.45) is 6.19. The first-order valence-corrected chi connectivity index (χ1v) is 14.3. The lowest BCUT2D eigenvalue weighted by molar-refractivity contribution is 0.0233. The maximum atomic E-state index is 12.9. The van der Waals surface area contributed by atoms with E-state index in [4.69, 9.17) is 4.74 Å². The average Bonchev–Trinajstić information content (AvgIpc) is 3.51. The summed E-state index contributed by atoms with van der Waals surface area (Å²) in [5, 5.41) is 11.1. The topological polar surface area (TPSA) is 105 Å². The van der Waals surface area contributed by atoms with Crippen molar-refractivity contribution >= 4 is 17.7 Å². The normalized spacial score (nSPS) is 18.9. The fourth-order valence-corrected chi connectivity index (χ4v) is 5.61. The first-order valence-electron chi connectivity index (χ1n) is 14.3. The number of pyridine rings is 1. The van der Waals surface area contributed by atoms with Gasteiger partial charge in [-0.15, -0.1) is 5.10 Å². The number of nitrogens with zero attached hydrogens (tertiary/aromatic N) is 6. The van der Waals surface area contributed by atoms with Crippen molar-refractivity contribution in [1.29, 1.82) is 0 Å². The number of benzene rings is 1. The van der Waals surface area contributed by atoms with Gasteiger partial charge in [-0.25, -0.2) is 9.48 Å². The van der Waals surface area contributed by atoms with E-state index >= 15 is 0 Å². The number of hydrogen-bond donors (Lipinski definition) is 1. The Hall–Kier alpha value is -3.95. The fourth-order valence-electron chi connectivity index (χ4n) is 5.61. The van der Waals surface area contributed by atoms with Crippen molar-refractivity contribution in [1.82, 2.24) is 30.2 Å². The molecule has 4 heterocycles. The monoisotopic (exact) mass is 559 g/mol. The van der Waals surface area contributed by atoms with Gasteiger partial charge >= 0.3 is 6.09 Å². The number of aromatic nitrogens is 4. The Bertz CT molecular complexity index is 1440. The summed E-state index contributed by atoms with van der Waals surface area (Å²) in [6.45, 7) is 16.5. The molecule has 2 unspecified atom stereocenters. The fraction of sp³-hybridized carbons (Fsp3) is 0.516. The number of carbonyl (C=O) groups excluding carboxylic acids is 2. The Morgan fingerprint density at radius 3 is 2.54 bits per heavy atom. The zero-order valence-electron chi connectivity index (χ0n) is 25.1. The van der Waals surface area contributed by atoms with Crippen LogP contribution < -0.4 is 10.2 Å². The number of likely N-dealkylation sites (tertiary alicyclic amines) is 1. The highest BCUT2D eigenvalue weighted by Crippen LogP contribution is 2.37. The third-order valence-corrected chi connectivity index (χ3v) is 7.69. The molecule has 1 N–H and O–H groups in total. The van der Waals surface area contributed by atoms with Gasteiger partial charge in [0.2, 0.25) is 0 Å². The largest absolute Gasteiger partial charge is 0.444 e. The van der Waals surface area contributed by atoms with Crippen LogP contribution in [0.15, 0.2) is 42.9 Å². The highest BCUT2D eigenvalue weighted by molar-refractivity contribution is 5.91. The first-order chi connectivity index (χ1) is 19.3. The zero-order valence-corrected chi connectivity index (χ0v) is 25.1. The molecule has 41 heavy (non-hydrogen) atoms.